The van der Waals surface area contributed by atoms with Gasteiger partial charge in [0.1, 0.15) is 0 Å². The van der Waals surface area contributed by atoms with Crippen LogP contribution in [0.5, 0.6) is 0 Å². The first-order valence-electron chi connectivity index (χ1n) is 8.05. The van der Waals surface area contributed by atoms with Gasteiger partial charge in [-0.1, -0.05) is 0 Å². The van der Waals surface area contributed by atoms with Crippen LogP contribution in [-0.2, 0) is 4.79 Å². The van der Waals surface area contributed by atoms with E-state index in [2.05, 4.69) is 10.6 Å². The largest absolute Gasteiger partial charge is 0.459 e. The van der Waals surface area contributed by atoms with Crippen LogP contribution in [0.3, 0.4) is 0 Å². The van der Waals surface area contributed by atoms with Crippen LogP contribution in [0.2, 0.25) is 0 Å². The molecule has 0 saturated heterocycles. The molecule has 0 spiro atoms. The maximum atomic E-state index is 12.2. The van der Waals surface area contributed by atoms with Gasteiger partial charge in [-0.2, -0.15) is 0 Å². The number of carbonyl (C=O) groups is 2. The molecule has 0 radical (unpaired) electrons. The fourth-order valence-corrected chi connectivity index (χ4v) is 2.97. The minimum Gasteiger partial charge on any atom is -0.459 e. The normalized spacial score (nSPS) is 19.9. The van der Waals surface area contributed by atoms with Crippen molar-refractivity contribution in [3.63, 3.8) is 0 Å². The van der Waals surface area contributed by atoms with E-state index in [-0.39, 0.29) is 29.5 Å². The molecule has 1 aromatic heterocycles. The molecule has 1 aliphatic carbocycles. The lowest BCUT2D eigenvalue weighted by Gasteiger charge is -2.13. The third kappa shape index (κ3) is 3.65. The van der Waals surface area contributed by atoms with Gasteiger partial charge in [0, 0.05) is 23.3 Å². The number of furan rings is 1. The summed E-state index contributed by atoms with van der Waals surface area (Å²) < 4.78 is 5.07. The SMILES string of the molecule is Cc1cc(NC(=O)C2CCC(N)C2)ccc1NC(=O)c1ccco1. The molecule has 0 aliphatic heterocycles. The lowest BCUT2D eigenvalue weighted by Crippen LogP contribution is -2.23. The summed E-state index contributed by atoms with van der Waals surface area (Å²) in [4.78, 5) is 24.2. The highest BCUT2D eigenvalue weighted by Crippen LogP contribution is 2.26. The Labute approximate surface area is 140 Å². The minimum atomic E-state index is -0.306. The van der Waals surface area contributed by atoms with E-state index in [4.69, 9.17) is 10.2 Å². The second kappa shape index (κ2) is 6.88. The van der Waals surface area contributed by atoms with Crippen molar-refractivity contribution >= 4 is 23.2 Å². The van der Waals surface area contributed by atoms with Crippen molar-refractivity contribution < 1.29 is 14.0 Å². The molecular weight excluding hydrogens is 306 g/mol. The fraction of sp³-hybridized carbons (Fsp3) is 0.333. The molecule has 126 valence electrons. The van der Waals surface area contributed by atoms with Gasteiger partial charge in [-0.3, -0.25) is 9.59 Å². The zero-order valence-electron chi connectivity index (χ0n) is 13.5. The highest BCUT2D eigenvalue weighted by Gasteiger charge is 2.27. The number of benzene rings is 1. The Bertz CT molecular complexity index is 740. The molecule has 1 heterocycles. The second-order valence-corrected chi connectivity index (χ2v) is 6.22. The summed E-state index contributed by atoms with van der Waals surface area (Å²) in [5, 5.41) is 5.72. The van der Waals surface area contributed by atoms with Crippen LogP contribution < -0.4 is 16.4 Å². The van der Waals surface area contributed by atoms with E-state index in [1.54, 1.807) is 24.3 Å². The molecule has 1 aromatic carbocycles. The van der Waals surface area contributed by atoms with Crippen molar-refractivity contribution in [2.24, 2.45) is 11.7 Å². The first kappa shape index (κ1) is 16.3. The Morgan fingerprint density at radius 1 is 1.21 bits per heavy atom. The molecule has 1 saturated carbocycles. The summed E-state index contributed by atoms with van der Waals surface area (Å²) in [5.74, 6) is -0.0578. The minimum absolute atomic E-state index is 0.00900. The third-order valence-electron chi connectivity index (χ3n) is 4.33. The second-order valence-electron chi connectivity index (χ2n) is 6.22. The van der Waals surface area contributed by atoms with Gasteiger partial charge in [0.25, 0.3) is 5.91 Å². The standard InChI is InChI=1S/C18H21N3O3/c1-11-9-14(20-17(22)12-4-5-13(19)10-12)6-7-15(11)21-18(23)16-3-2-8-24-16/h2-3,6-9,12-13H,4-5,10,19H2,1H3,(H,20,22)(H,21,23). The molecule has 0 bridgehead atoms. The molecule has 6 nitrogen and oxygen atoms in total. The van der Waals surface area contributed by atoms with E-state index in [1.807, 2.05) is 13.0 Å². The average Bonchev–Trinajstić information content (AvgIpc) is 3.21. The van der Waals surface area contributed by atoms with Gasteiger partial charge >= 0.3 is 0 Å². The summed E-state index contributed by atoms with van der Waals surface area (Å²) in [6, 6.07) is 8.77. The van der Waals surface area contributed by atoms with Crippen LogP contribution in [0.4, 0.5) is 11.4 Å². The van der Waals surface area contributed by atoms with Gasteiger partial charge in [-0.05, 0) is 62.1 Å². The molecule has 1 aliphatic rings. The lowest BCUT2D eigenvalue weighted by atomic mass is 10.1. The van der Waals surface area contributed by atoms with Crippen molar-refractivity contribution in [3.8, 4) is 0 Å². The van der Waals surface area contributed by atoms with Crippen LogP contribution in [0.25, 0.3) is 0 Å². The van der Waals surface area contributed by atoms with E-state index >= 15 is 0 Å². The van der Waals surface area contributed by atoms with E-state index in [1.165, 1.54) is 6.26 Å². The van der Waals surface area contributed by atoms with Gasteiger partial charge < -0.3 is 20.8 Å². The predicted molar refractivity (Wildman–Crippen MR) is 91.8 cm³/mol. The maximum Gasteiger partial charge on any atom is 0.291 e. The monoisotopic (exact) mass is 327 g/mol. The molecule has 2 atom stereocenters. The number of aryl methyl sites for hydroxylation is 1. The van der Waals surface area contributed by atoms with E-state index in [0.717, 1.165) is 24.8 Å². The smallest absolute Gasteiger partial charge is 0.291 e. The Hall–Kier alpha value is -2.60. The van der Waals surface area contributed by atoms with Crippen LogP contribution in [0.1, 0.15) is 35.4 Å². The third-order valence-corrected chi connectivity index (χ3v) is 4.33. The fourth-order valence-electron chi connectivity index (χ4n) is 2.97. The Balaban J connectivity index is 1.64. The van der Waals surface area contributed by atoms with Gasteiger partial charge in [0.2, 0.25) is 5.91 Å². The zero-order valence-corrected chi connectivity index (χ0v) is 13.5. The van der Waals surface area contributed by atoms with Crippen molar-refractivity contribution in [2.75, 3.05) is 10.6 Å². The number of anilines is 2. The highest BCUT2D eigenvalue weighted by molar-refractivity contribution is 6.03. The van der Waals surface area contributed by atoms with Crippen molar-refractivity contribution in [3.05, 3.63) is 47.9 Å². The lowest BCUT2D eigenvalue weighted by molar-refractivity contribution is -0.119. The average molecular weight is 327 g/mol. The molecule has 6 heteroatoms. The Kier molecular flexibility index (Phi) is 4.66. The molecule has 2 amide bonds. The highest BCUT2D eigenvalue weighted by atomic mass is 16.3. The Morgan fingerprint density at radius 2 is 2.04 bits per heavy atom. The number of amides is 2. The number of hydrogen-bond donors (Lipinski definition) is 3. The molecule has 24 heavy (non-hydrogen) atoms. The molecule has 2 aromatic rings. The van der Waals surface area contributed by atoms with Crippen molar-refractivity contribution in [2.45, 2.75) is 32.2 Å². The zero-order chi connectivity index (χ0) is 17.1. The molecular formula is C18H21N3O3. The molecule has 4 N–H and O–H groups in total. The van der Waals surface area contributed by atoms with Gasteiger partial charge in [0.15, 0.2) is 5.76 Å². The van der Waals surface area contributed by atoms with E-state index in [0.29, 0.717) is 11.4 Å². The number of rotatable bonds is 4. The molecule has 3 rings (SSSR count). The van der Waals surface area contributed by atoms with Crippen LogP contribution in [-0.4, -0.2) is 17.9 Å². The van der Waals surface area contributed by atoms with Crippen LogP contribution >= 0.6 is 0 Å². The maximum absolute atomic E-state index is 12.2. The predicted octanol–water partition coefficient (Wildman–Crippen LogP) is 2.91. The van der Waals surface area contributed by atoms with Gasteiger partial charge in [-0.25, -0.2) is 0 Å². The molecule has 2 unspecified atom stereocenters. The van der Waals surface area contributed by atoms with Crippen LogP contribution in [0, 0.1) is 12.8 Å². The quantitative estimate of drug-likeness (QED) is 0.804. The van der Waals surface area contributed by atoms with E-state index in [9.17, 15) is 9.59 Å². The van der Waals surface area contributed by atoms with Gasteiger partial charge in [0.05, 0.1) is 6.26 Å². The number of carbonyl (C=O) groups excluding carboxylic acids is 2. The topological polar surface area (TPSA) is 97.4 Å². The van der Waals surface area contributed by atoms with Crippen molar-refractivity contribution in [1.29, 1.82) is 0 Å². The summed E-state index contributed by atoms with van der Waals surface area (Å²) in [6.45, 7) is 1.87. The van der Waals surface area contributed by atoms with Gasteiger partial charge in [-0.15, -0.1) is 0 Å². The number of nitrogens with two attached hydrogens (primary N) is 1. The van der Waals surface area contributed by atoms with Crippen molar-refractivity contribution in [1.82, 2.24) is 0 Å². The summed E-state index contributed by atoms with van der Waals surface area (Å²) in [5.41, 5.74) is 8.11. The van der Waals surface area contributed by atoms with Crippen LogP contribution in [0.15, 0.2) is 41.0 Å². The summed E-state index contributed by atoms with van der Waals surface area (Å²) >= 11 is 0. The molecule has 1 fully saturated rings. The first-order valence-corrected chi connectivity index (χ1v) is 8.05. The van der Waals surface area contributed by atoms with E-state index < -0.39 is 0 Å². The number of hydrogen-bond acceptors (Lipinski definition) is 4. The summed E-state index contributed by atoms with van der Waals surface area (Å²) in [6.07, 6.45) is 3.93. The Morgan fingerprint density at radius 3 is 2.67 bits per heavy atom. The first-order chi connectivity index (χ1) is 11.5. The summed E-state index contributed by atoms with van der Waals surface area (Å²) in [7, 11) is 0. The number of nitrogens with one attached hydrogen (secondary N) is 2.